The zero-order valence-corrected chi connectivity index (χ0v) is 12.0. The molecule has 3 aliphatic heterocycles. The lowest BCUT2D eigenvalue weighted by atomic mass is 9.96. The molecular weight excluding hydrogens is 284 g/mol. The predicted octanol–water partition coefficient (Wildman–Crippen LogP) is -0.0627. The van der Waals surface area contributed by atoms with E-state index in [9.17, 15) is 13.2 Å². The minimum atomic E-state index is -3.53. The summed E-state index contributed by atoms with van der Waals surface area (Å²) in [7, 11) is -3.53. The van der Waals surface area contributed by atoms with E-state index in [0.717, 1.165) is 19.3 Å². The van der Waals surface area contributed by atoms with Crippen molar-refractivity contribution in [1.29, 1.82) is 0 Å². The molecule has 0 aromatic heterocycles. The first kappa shape index (κ1) is 14.2. The second-order valence-electron chi connectivity index (χ2n) is 5.85. The lowest BCUT2D eigenvalue weighted by molar-refractivity contribution is -0.142. The molecule has 3 atom stereocenters. The molecule has 0 amide bonds. The molecule has 0 aliphatic carbocycles. The molecule has 7 nitrogen and oxygen atoms in total. The zero-order chi connectivity index (χ0) is 14.3. The number of carboxylic acid groups (broad SMARTS) is 1. The van der Waals surface area contributed by atoms with Gasteiger partial charge in [-0.05, 0) is 32.1 Å². The van der Waals surface area contributed by atoms with E-state index in [2.05, 4.69) is 4.72 Å². The van der Waals surface area contributed by atoms with E-state index in [4.69, 9.17) is 9.84 Å². The van der Waals surface area contributed by atoms with E-state index in [1.54, 1.807) is 0 Å². The number of piperidine rings is 1. The van der Waals surface area contributed by atoms with Gasteiger partial charge in [-0.25, -0.2) is 0 Å². The number of ether oxygens (including phenoxy) is 1. The first-order valence-electron chi connectivity index (χ1n) is 7.11. The monoisotopic (exact) mass is 304 g/mol. The molecule has 2 bridgehead atoms. The van der Waals surface area contributed by atoms with Crippen molar-refractivity contribution in [3.63, 3.8) is 0 Å². The van der Waals surface area contributed by atoms with Crippen molar-refractivity contribution < 1.29 is 23.1 Å². The Labute approximate surface area is 118 Å². The molecule has 3 unspecified atom stereocenters. The summed E-state index contributed by atoms with van der Waals surface area (Å²) in [5.41, 5.74) is 0. The molecule has 0 aromatic carbocycles. The van der Waals surface area contributed by atoms with E-state index < -0.39 is 22.1 Å². The van der Waals surface area contributed by atoms with Crippen LogP contribution in [0.1, 0.15) is 32.1 Å². The maximum absolute atomic E-state index is 12.3. The lowest BCUT2D eigenvalue weighted by Gasteiger charge is -2.31. The van der Waals surface area contributed by atoms with Gasteiger partial charge in [0.05, 0.1) is 24.2 Å². The molecular formula is C12H20N2O5S. The summed E-state index contributed by atoms with van der Waals surface area (Å²) in [6, 6.07) is -0.129. The highest BCUT2D eigenvalue weighted by molar-refractivity contribution is 7.87. The van der Waals surface area contributed by atoms with Crippen LogP contribution in [-0.4, -0.2) is 55.1 Å². The molecule has 3 rings (SSSR count). The third kappa shape index (κ3) is 2.69. The number of carbonyl (C=O) groups is 1. The fourth-order valence-corrected chi connectivity index (χ4v) is 4.84. The molecule has 3 fully saturated rings. The summed E-state index contributed by atoms with van der Waals surface area (Å²) in [5, 5.41) is 8.93. The summed E-state index contributed by atoms with van der Waals surface area (Å²) in [6.45, 7) is 0.544. The fourth-order valence-electron chi connectivity index (χ4n) is 3.37. The van der Waals surface area contributed by atoms with Gasteiger partial charge in [-0.15, -0.1) is 0 Å². The van der Waals surface area contributed by atoms with Crippen molar-refractivity contribution >= 4 is 16.2 Å². The van der Waals surface area contributed by atoms with Gasteiger partial charge in [-0.2, -0.15) is 17.4 Å². The quantitative estimate of drug-likeness (QED) is 0.758. The van der Waals surface area contributed by atoms with E-state index in [1.165, 1.54) is 4.31 Å². The van der Waals surface area contributed by atoms with E-state index >= 15 is 0 Å². The Balaban J connectivity index is 1.57. The summed E-state index contributed by atoms with van der Waals surface area (Å²) < 4.78 is 34.3. The fraction of sp³-hybridized carbons (Fsp3) is 0.917. The first-order valence-corrected chi connectivity index (χ1v) is 8.55. The van der Waals surface area contributed by atoms with E-state index in [0.29, 0.717) is 12.8 Å². The van der Waals surface area contributed by atoms with Crippen LogP contribution in [0.3, 0.4) is 0 Å². The number of carboxylic acids is 1. The molecule has 3 saturated heterocycles. The molecule has 3 aliphatic rings. The Kier molecular flexibility index (Phi) is 3.74. The topological polar surface area (TPSA) is 95.9 Å². The summed E-state index contributed by atoms with van der Waals surface area (Å²) in [5.74, 6) is -1.26. The molecule has 20 heavy (non-hydrogen) atoms. The SMILES string of the molecule is O=C(O)C1CCN(S(=O)(=O)NC2CC3CCC2O3)CC1. The maximum atomic E-state index is 12.3. The number of hydrogen-bond acceptors (Lipinski definition) is 4. The van der Waals surface area contributed by atoms with Gasteiger partial charge in [0.2, 0.25) is 0 Å². The number of nitrogens with one attached hydrogen (secondary N) is 1. The first-order chi connectivity index (χ1) is 9.45. The molecule has 0 saturated carbocycles. The highest BCUT2D eigenvalue weighted by Gasteiger charge is 2.43. The third-order valence-corrected chi connectivity index (χ3v) is 6.19. The van der Waals surface area contributed by atoms with E-state index in [1.807, 2.05) is 0 Å². The van der Waals surface area contributed by atoms with Gasteiger partial charge in [-0.1, -0.05) is 0 Å². The Morgan fingerprint density at radius 2 is 1.90 bits per heavy atom. The second-order valence-corrected chi connectivity index (χ2v) is 7.55. The average Bonchev–Trinajstić information content (AvgIpc) is 3.00. The Bertz CT molecular complexity index is 486. The van der Waals surface area contributed by atoms with Crippen LogP contribution in [-0.2, 0) is 19.7 Å². The normalized spacial score (nSPS) is 35.5. The summed E-state index contributed by atoms with van der Waals surface area (Å²) in [4.78, 5) is 10.9. The Morgan fingerprint density at radius 1 is 1.20 bits per heavy atom. The van der Waals surface area contributed by atoms with Crippen molar-refractivity contribution in [2.24, 2.45) is 5.92 Å². The van der Waals surface area contributed by atoms with Crippen LogP contribution in [0.5, 0.6) is 0 Å². The van der Waals surface area contributed by atoms with Crippen LogP contribution in [0.15, 0.2) is 0 Å². The van der Waals surface area contributed by atoms with Crippen LogP contribution < -0.4 is 4.72 Å². The van der Waals surface area contributed by atoms with Crippen LogP contribution in [0.25, 0.3) is 0 Å². The molecule has 114 valence electrons. The van der Waals surface area contributed by atoms with Gasteiger partial charge in [-0.3, -0.25) is 4.79 Å². The van der Waals surface area contributed by atoms with Gasteiger partial charge in [0.15, 0.2) is 0 Å². The van der Waals surface area contributed by atoms with Crippen LogP contribution in [0, 0.1) is 5.92 Å². The average molecular weight is 304 g/mol. The third-order valence-electron chi connectivity index (χ3n) is 4.55. The number of aliphatic carboxylic acids is 1. The molecule has 0 aromatic rings. The van der Waals surface area contributed by atoms with Gasteiger partial charge >= 0.3 is 5.97 Å². The van der Waals surface area contributed by atoms with Crippen LogP contribution in [0.4, 0.5) is 0 Å². The van der Waals surface area contributed by atoms with Crippen molar-refractivity contribution in [2.75, 3.05) is 13.1 Å². The number of fused-ring (bicyclic) bond motifs is 2. The lowest BCUT2D eigenvalue weighted by Crippen LogP contribution is -2.51. The highest BCUT2D eigenvalue weighted by atomic mass is 32.2. The zero-order valence-electron chi connectivity index (χ0n) is 11.2. The van der Waals surface area contributed by atoms with Crippen molar-refractivity contribution in [3.8, 4) is 0 Å². The number of hydrogen-bond donors (Lipinski definition) is 2. The Hall–Kier alpha value is -0.700. The second kappa shape index (κ2) is 5.25. The standard InChI is InChI=1S/C12H20N2O5S/c15-12(16)8-3-5-14(6-4-8)20(17,18)13-10-7-9-1-2-11(10)19-9/h8-11,13H,1-7H2,(H,15,16). The van der Waals surface area contributed by atoms with Gasteiger partial charge < -0.3 is 9.84 Å². The van der Waals surface area contributed by atoms with Crippen molar-refractivity contribution in [2.45, 2.75) is 50.4 Å². The number of nitrogens with zero attached hydrogens (tertiary/aromatic N) is 1. The van der Waals surface area contributed by atoms with Crippen LogP contribution in [0.2, 0.25) is 0 Å². The minimum absolute atomic E-state index is 0.00586. The molecule has 0 radical (unpaired) electrons. The summed E-state index contributed by atoms with van der Waals surface area (Å²) >= 11 is 0. The van der Waals surface area contributed by atoms with Crippen molar-refractivity contribution in [3.05, 3.63) is 0 Å². The Morgan fingerprint density at radius 3 is 2.40 bits per heavy atom. The highest BCUT2D eigenvalue weighted by Crippen LogP contribution is 2.35. The molecule has 0 spiro atoms. The minimum Gasteiger partial charge on any atom is -0.481 e. The molecule has 3 heterocycles. The number of rotatable bonds is 4. The predicted molar refractivity (Wildman–Crippen MR) is 70.3 cm³/mol. The molecule has 8 heteroatoms. The largest absolute Gasteiger partial charge is 0.481 e. The van der Waals surface area contributed by atoms with Gasteiger partial charge in [0, 0.05) is 13.1 Å². The molecule has 2 N–H and O–H groups in total. The van der Waals surface area contributed by atoms with E-state index in [-0.39, 0.29) is 31.3 Å². The smallest absolute Gasteiger partial charge is 0.306 e. The summed E-state index contributed by atoms with van der Waals surface area (Å²) in [6.07, 6.45) is 3.64. The maximum Gasteiger partial charge on any atom is 0.306 e. The van der Waals surface area contributed by atoms with Gasteiger partial charge in [0.25, 0.3) is 10.2 Å². The van der Waals surface area contributed by atoms with Crippen LogP contribution >= 0.6 is 0 Å². The van der Waals surface area contributed by atoms with Gasteiger partial charge in [0.1, 0.15) is 0 Å². The van der Waals surface area contributed by atoms with Crippen molar-refractivity contribution in [1.82, 2.24) is 9.03 Å².